The van der Waals surface area contributed by atoms with Crippen molar-refractivity contribution in [3.63, 3.8) is 0 Å². The molecule has 0 saturated carbocycles. The van der Waals surface area contributed by atoms with Crippen LogP contribution in [0.4, 0.5) is 0 Å². The Morgan fingerprint density at radius 3 is 2.70 bits per heavy atom. The molecule has 0 aliphatic heterocycles. The van der Waals surface area contributed by atoms with Crippen LogP contribution in [0.1, 0.15) is 30.3 Å². The van der Waals surface area contributed by atoms with Crippen molar-refractivity contribution in [2.45, 2.75) is 40.3 Å². The van der Waals surface area contributed by atoms with E-state index in [0.717, 1.165) is 37.7 Å². The van der Waals surface area contributed by atoms with Gasteiger partial charge in [0.05, 0.1) is 12.2 Å². The van der Waals surface area contributed by atoms with Crippen molar-refractivity contribution in [1.82, 2.24) is 25.0 Å². The molecule has 0 radical (unpaired) electrons. The highest BCUT2D eigenvalue weighted by Crippen LogP contribution is 2.15. The van der Waals surface area contributed by atoms with E-state index in [1.165, 1.54) is 22.2 Å². The first-order valence-corrected chi connectivity index (χ1v) is 9.65. The molecular weight excluding hydrogens is 336 g/mol. The number of aryl methyl sites for hydroxylation is 3. The number of hydrogen-bond donors (Lipinski definition) is 2. The molecule has 27 heavy (non-hydrogen) atoms. The van der Waals surface area contributed by atoms with Crippen LogP contribution in [0.2, 0.25) is 0 Å². The molecule has 3 rings (SSSR count). The van der Waals surface area contributed by atoms with Gasteiger partial charge in [0.2, 0.25) is 0 Å². The number of aromatic nitrogens is 3. The third kappa shape index (κ3) is 4.51. The minimum absolute atomic E-state index is 0.642. The van der Waals surface area contributed by atoms with E-state index in [1.807, 2.05) is 18.7 Å². The molecule has 2 aromatic heterocycles. The van der Waals surface area contributed by atoms with Crippen molar-refractivity contribution in [2.24, 2.45) is 12.0 Å². The zero-order valence-electron chi connectivity index (χ0n) is 16.8. The Hall–Kier alpha value is -2.76. The predicted octanol–water partition coefficient (Wildman–Crippen LogP) is 3.14. The summed E-state index contributed by atoms with van der Waals surface area (Å²) in [4.78, 5) is 4.74. The van der Waals surface area contributed by atoms with Crippen molar-refractivity contribution in [3.8, 4) is 0 Å². The summed E-state index contributed by atoms with van der Waals surface area (Å²) in [5, 5.41) is 12.5. The number of nitrogens with one attached hydrogen (secondary N) is 2. The maximum atomic E-state index is 4.74. The summed E-state index contributed by atoms with van der Waals surface area (Å²) in [6.07, 6.45) is 3.20. The number of benzene rings is 1. The van der Waals surface area contributed by atoms with Crippen LogP contribution in [0, 0.1) is 13.8 Å². The van der Waals surface area contributed by atoms with Gasteiger partial charge in [-0.05, 0) is 44.7 Å². The summed E-state index contributed by atoms with van der Waals surface area (Å²) >= 11 is 0. The van der Waals surface area contributed by atoms with Gasteiger partial charge < -0.3 is 15.2 Å². The molecule has 2 N–H and O–H groups in total. The fourth-order valence-electron chi connectivity index (χ4n) is 3.34. The monoisotopic (exact) mass is 366 g/mol. The number of fused-ring (bicyclic) bond motifs is 1. The quantitative estimate of drug-likeness (QED) is 0.384. The number of para-hydroxylation sites is 1. The summed E-state index contributed by atoms with van der Waals surface area (Å²) in [6, 6.07) is 10.7. The third-order valence-corrected chi connectivity index (χ3v) is 4.95. The number of nitrogens with zero attached hydrogens (tertiary/aromatic N) is 4. The van der Waals surface area contributed by atoms with Gasteiger partial charge in [-0.3, -0.25) is 4.68 Å². The second kappa shape index (κ2) is 8.75. The van der Waals surface area contributed by atoms with E-state index < -0.39 is 0 Å². The predicted molar refractivity (Wildman–Crippen MR) is 112 cm³/mol. The molecule has 1 aromatic carbocycles. The number of hydrogen-bond acceptors (Lipinski definition) is 2. The van der Waals surface area contributed by atoms with Crippen molar-refractivity contribution >= 4 is 16.9 Å². The van der Waals surface area contributed by atoms with Gasteiger partial charge in [-0.25, -0.2) is 4.99 Å². The summed E-state index contributed by atoms with van der Waals surface area (Å²) < 4.78 is 4.23. The number of rotatable bonds is 7. The Bertz CT molecular complexity index is 918. The Morgan fingerprint density at radius 2 is 1.96 bits per heavy atom. The lowest BCUT2D eigenvalue weighted by Crippen LogP contribution is -2.38. The molecule has 0 unspecified atom stereocenters. The molecule has 0 spiro atoms. The average molecular weight is 367 g/mol. The molecule has 6 nitrogen and oxygen atoms in total. The standard InChI is InChI=1S/C21H30N6/c1-5-22-21(24-15-19-16(2)25-26(4)17(19)3)23-12-8-13-27-14-11-18-9-6-7-10-20(18)27/h6-7,9-11,14H,5,8,12-13,15H2,1-4H3,(H2,22,23,24). The van der Waals surface area contributed by atoms with Gasteiger partial charge in [0.15, 0.2) is 5.96 Å². The van der Waals surface area contributed by atoms with Crippen LogP contribution in [0.15, 0.2) is 41.5 Å². The molecule has 0 atom stereocenters. The molecule has 6 heteroatoms. The van der Waals surface area contributed by atoms with Crippen LogP contribution in [0.3, 0.4) is 0 Å². The average Bonchev–Trinajstić information content (AvgIpc) is 3.18. The van der Waals surface area contributed by atoms with Crippen LogP contribution in [-0.4, -0.2) is 33.4 Å². The fourth-order valence-corrected chi connectivity index (χ4v) is 3.34. The van der Waals surface area contributed by atoms with Crippen LogP contribution >= 0.6 is 0 Å². The van der Waals surface area contributed by atoms with E-state index in [2.05, 4.69) is 70.7 Å². The smallest absolute Gasteiger partial charge is 0.191 e. The van der Waals surface area contributed by atoms with Crippen LogP contribution < -0.4 is 10.6 Å². The molecule has 0 bridgehead atoms. The summed E-state index contributed by atoms with van der Waals surface area (Å²) in [6.45, 7) is 9.57. The first kappa shape index (κ1) is 19.0. The second-order valence-corrected chi connectivity index (χ2v) is 6.82. The summed E-state index contributed by atoms with van der Waals surface area (Å²) in [5.41, 5.74) is 4.72. The molecule has 0 fully saturated rings. The SMILES string of the molecule is CCNC(=NCc1c(C)nn(C)c1C)NCCCn1ccc2ccccc21. The van der Waals surface area contributed by atoms with Gasteiger partial charge in [-0.1, -0.05) is 18.2 Å². The highest BCUT2D eigenvalue weighted by atomic mass is 15.3. The van der Waals surface area contributed by atoms with E-state index in [4.69, 9.17) is 4.99 Å². The van der Waals surface area contributed by atoms with Crippen molar-refractivity contribution < 1.29 is 0 Å². The van der Waals surface area contributed by atoms with Gasteiger partial charge in [0, 0.05) is 49.7 Å². The van der Waals surface area contributed by atoms with E-state index in [1.54, 1.807) is 0 Å². The van der Waals surface area contributed by atoms with E-state index in [9.17, 15) is 0 Å². The molecule has 0 aliphatic rings. The topological polar surface area (TPSA) is 59.2 Å². The largest absolute Gasteiger partial charge is 0.357 e. The summed E-state index contributed by atoms with van der Waals surface area (Å²) in [7, 11) is 1.98. The minimum atomic E-state index is 0.642. The van der Waals surface area contributed by atoms with Gasteiger partial charge in [-0.15, -0.1) is 0 Å². The molecule has 2 heterocycles. The normalized spacial score (nSPS) is 11.9. The molecule has 0 amide bonds. The van der Waals surface area contributed by atoms with Gasteiger partial charge in [-0.2, -0.15) is 5.10 Å². The van der Waals surface area contributed by atoms with Crippen molar-refractivity contribution in [2.75, 3.05) is 13.1 Å². The highest BCUT2D eigenvalue weighted by molar-refractivity contribution is 5.80. The van der Waals surface area contributed by atoms with Crippen LogP contribution in [-0.2, 0) is 20.1 Å². The van der Waals surface area contributed by atoms with Gasteiger partial charge in [0.1, 0.15) is 0 Å². The van der Waals surface area contributed by atoms with E-state index in [-0.39, 0.29) is 0 Å². The lowest BCUT2D eigenvalue weighted by atomic mass is 10.2. The maximum absolute atomic E-state index is 4.74. The first-order valence-electron chi connectivity index (χ1n) is 9.65. The summed E-state index contributed by atoms with van der Waals surface area (Å²) in [5.74, 6) is 0.859. The van der Waals surface area contributed by atoms with E-state index >= 15 is 0 Å². The lowest BCUT2D eigenvalue weighted by molar-refractivity contribution is 0.641. The maximum Gasteiger partial charge on any atom is 0.191 e. The third-order valence-electron chi connectivity index (χ3n) is 4.95. The first-order chi connectivity index (χ1) is 13.1. The van der Waals surface area contributed by atoms with Gasteiger partial charge in [0.25, 0.3) is 0 Å². The Balaban J connectivity index is 1.55. The molecule has 3 aromatic rings. The van der Waals surface area contributed by atoms with Crippen LogP contribution in [0.5, 0.6) is 0 Å². The van der Waals surface area contributed by atoms with Crippen molar-refractivity contribution in [1.29, 1.82) is 0 Å². The second-order valence-electron chi connectivity index (χ2n) is 6.82. The molecular formula is C21H30N6. The number of guanidine groups is 1. The molecule has 144 valence electrons. The van der Waals surface area contributed by atoms with Crippen LogP contribution in [0.25, 0.3) is 10.9 Å². The van der Waals surface area contributed by atoms with Crippen molar-refractivity contribution in [3.05, 3.63) is 53.5 Å². The highest BCUT2D eigenvalue weighted by Gasteiger charge is 2.09. The van der Waals surface area contributed by atoms with Gasteiger partial charge >= 0.3 is 0 Å². The van der Waals surface area contributed by atoms with E-state index in [0.29, 0.717) is 6.54 Å². The number of aliphatic imine (C=N–C) groups is 1. The Kier molecular flexibility index (Phi) is 6.16. The molecule has 0 saturated heterocycles. The lowest BCUT2D eigenvalue weighted by Gasteiger charge is -2.12. The minimum Gasteiger partial charge on any atom is -0.357 e. The Morgan fingerprint density at radius 1 is 1.15 bits per heavy atom. The Labute approximate surface area is 161 Å². The zero-order valence-corrected chi connectivity index (χ0v) is 16.8. The molecule has 0 aliphatic carbocycles. The zero-order chi connectivity index (χ0) is 19.2. The fraction of sp³-hybridized carbons (Fsp3) is 0.429.